The summed E-state index contributed by atoms with van der Waals surface area (Å²) >= 11 is 5.78. The molecule has 1 heterocycles. The zero-order chi connectivity index (χ0) is 19.6. The van der Waals surface area contributed by atoms with Gasteiger partial charge in [0.1, 0.15) is 6.54 Å². The smallest absolute Gasteiger partial charge is 0.326 e. The Hall–Kier alpha value is -2.67. The molecule has 3 atom stereocenters. The fourth-order valence-electron chi connectivity index (χ4n) is 3.22. The molecule has 0 saturated carbocycles. The van der Waals surface area contributed by atoms with Crippen LogP contribution >= 0.6 is 11.6 Å². The van der Waals surface area contributed by atoms with Crippen molar-refractivity contribution in [2.45, 2.75) is 25.9 Å². The second-order valence-corrected chi connectivity index (χ2v) is 6.98. The van der Waals surface area contributed by atoms with Gasteiger partial charge >= 0.3 is 5.97 Å². The lowest BCUT2D eigenvalue weighted by molar-refractivity contribution is -0.158. The number of fused-ring (bicyclic) bond motifs is 1. The topological polar surface area (TPSA) is 92.8 Å². The molecule has 0 unspecified atom stereocenters. The molecule has 1 N–H and O–H groups in total. The van der Waals surface area contributed by atoms with Crippen LogP contribution in [-0.2, 0) is 23.9 Å². The van der Waals surface area contributed by atoms with Crippen molar-refractivity contribution in [1.29, 1.82) is 0 Å². The van der Waals surface area contributed by atoms with E-state index in [2.05, 4.69) is 5.32 Å². The number of esters is 1. The maximum absolute atomic E-state index is 12.3. The number of carbonyl (C=O) groups is 4. The quantitative estimate of drug-likeness (QED) is 0.472. The van der Waals surface area contributed by atoms with Crippen molar-refractivity contribution in [3.8, 4) is 0 Å². The van der Waals surface area contributed by atoms with Crippen molar-refractivity contribution >= 4 is 41.0 Å². The molecule has 142 valence electrons. The minimum absolute atomic E-state index is 0.357. The van der Waals surface area contributed by atoms with E-state index in [0.29, 0.717) is 23.6 Å². The van der Waals surface area contributed by atoms with Crippen molar-refractivity contribution in [3.05, 3.63) is 41.4 Å². The first-order chi connectivity index (χ1) is 12.9. The summed E-state index contributed by atoms with van der Waals surface area (Å²) < 4.78 is 5.08. The molecule has 3 amide bonds. The molecule has 1 aromatic carbocycles. The van der Waals surface area contributed by atoms with Gasteiger partial charge < -0.3 is 10.1 Å². The van der Waals surface area contributed by atoms with Gasteiger partial charge in [0.05, 0.1) is 11.8 Å². The van der Waals surface area contributed by atoms with Gasteiger partial charge in [-0.05, 0) is 44.0 Å². The Balaban J connectivity index is 1.54. The first-order valence-electron chi connectivity index (χ1n) is 8.63. The van der Waals surface area contributed by atoms with Gasteiger partial charge in [0.2, 0.25) is 11.8 Å². The van der Waals surface area contributed by atoms with Crippen molar-refractivity contribution in [3.63, 3.8) is 0 Å². The van der Waals surface area contributed by atoms with E-state index in [0.717, 1.165) is 4.90 Å². The van der Waals surface area contributed by atoms with E-state index in [9.17, 15) is 19.2 Å². The van der Waals surface area contributed by atoms with Crippen LogP contribution in [0.1, 0.15) is 19.8 Å². The lowest BCUT2D eigenvalue weighted by Crippen LogP contribution is -2.39. The molecule has 7 nitrogen and oxygen atoms in total. The average Bonchev–Trinajstić information content (AvgIpc) is 2.89. The highest BCUT2D eigenvalue weighted by molar-refractivity contribution is 6.30. The maximum atomic E-state index is 12.3. The number of nitrogens with zero attached hydrogens (tertiary/aromatic N) is 1. The summed E-state index contributed by atoms with van der Waals surface area (Å²) in [5, 5.41) is 3.13. The van der Waals surface area contributed by atoms with Gasteiger partial charge in [0, 0.05) is 10.7 Å². The number of nitrogens with one attached hydrogen (secondary N) is 1. The maximum Gasteiger partial charge on any atom is 0.326 e. The number of amides is 3. The second-order valence-electron chi connectivity index (χ2n) is 6.55. The standard InChI is InChI=1S/C19H19ClN2O5/c1-11(17(24)21-13-8-6-12(20)7-9-13)27-16(23)10-22-18(25)14-4-2-3-5-15(14)19(22)26/h2-3,6-9,11,14-15H,4-5,10H2,1H3,(H,21,24)/t11-,14+,15+/m1/s1. The highest BCUT2D eigenvalue weighted by Crippen LogP contribution is 2.34. The van der Waals surface area contributed by atoms with Crippen molar-refractivity contribution < 1.29 is 23.9 Å². The number of imide groups is 1. The van der Waals surface area contributed by atoms with Gasteiger partial charge in [-0.3, -0.25) is 24.1 Å². The molecule has 1 aromatic rings. The van der Waals surface area contributed by atoms with Crippen molar-refractivity contribution in [1.82, 2.24) is 4.90 Å². The van der Waals surface area contributed by atoms with Crippen molar-refractivity contribution in [2.75, 3.05) is 11.9 Å². The minimum atomic E-state index is -1.08. The van der Waals surface area contributed by atoms with Crippen molar-refractivity contribution in [2.24, 2.45) is 11.8 Å². The monoisotopic (exact) mass is 390 g/mol. The Morgan fingerprint density at radius 1 is 1.15 bits per heavy atom. The van der Waals surface area contributed by atoms with Crippen LogP contribution in [0.5, 0.6) is 0 Å². The van der Waals surface area contributed by atoms with E-state index in [4.69, 9.17) is 16.3 Å². The molecule has 27 heavy (non-hydrogen) atoms. The normalized spacial score (nSPS) is 22.4. The van der Waals surface area contributed by atoms with E-state index in [1.807, 2.05) is 12.2 Å². The number of hydrogen-bond acceptors (Lipinski definition) is 5. The first-order valence-corrected chi connectivity index (χ1v) is 9.00. The number of hydrogen-bond donors (Lipinski definition) is 1. The number of halogens is 1. The molecule has 0 spiro atoms. The van der Waals surface area contributed by atoms with Crippen LogP contribution in [0.25, 0.3) is 0 Å². The zero-order valence-corrected chi connectivity index (χ0v) is 15.4. The van der Waals surface area contributed by atoms with E-state index in [1.165, 1.54) is 6.92 Å². The number of carbonyl (C=O) groups excluding carboxylic acids is 4. The Bertz CT molecular complexity index is 779. The minimum Gasteiger partial charge on any atom is -0.451 e. The third-order valence-corrected chi connectivity index (χ3v) is 4.93. The van der Waals surface area contributed by atoms with Gasteiger partial charge in [-0.2, -0.15) is 0 Å². The van der Waals surface area contributed by atoms with E-state index >= 15 is 0 Å². The molecule has 1 aliphatic heterocycles. The third-order valence-electron chi connectivity index (χ3n) is 4.68. The molecule has 0 aromatic heterocycles. The van der Waals surface area contributed by atoms with Gasteiger partial charge in [-0.1, -0.05) is 23.8 Å². The molecular formula is C19H19ClN2O5. The van der Waals surface area contributed by atoms with Gasteiger partial charge in [-0.15, -0.1) is 0 Å². The molecule has 1 aliphatic carbocycles. The predicted molar refractivity (Wildman–Crippen MR) is 97.7 cm³/mol. The molecule has 0 radical (unpaired) electrons. The lowest BCUT2D eigenvalue weighted by Gasteiger charge is -2.17. The predicted octanol–water partition coefficient (Wildman–Crippen LogP) is 2.16. The van der Waals surface area contributed by atoms with Crippen LogP contribution in [0.2, 0.25) is 5.02 Å². The summed E-state index contributed by atoms with van der Waals surface area (Å²) in [5.41, 5.74) is 0.508. The summed E-state index contributed by atoms with van der Waals surface area (Å²) in [6, 6.07) is 6.47. The summed E-state index contributed by atoms with van der Waals surface area (Å²) in [5.74, 6) is -2.85. The number of anilines is 1. The third kappa shape index (κ3) is 4.19. The fraction of sp³-hybridized carbons (Fsp3) is 0.368. The molecule has 3 rings (SSSR count). The van der Waals surface area contributed by atoms with E-state index in [1.54, 1.807) is 24.3 Å². The number of allylic oxidation sites excluding steroid dienone is 2. The Labute approximate surface area is 161 Å². The summed E-state index contributed by atoms with van der Waals surface area (Å²) in [7, 11) is 0. The first kappa shape index (κ1) is 19.1. The van der Waals surface area contributed by atoms with Gasteiger partial charge in [0.25, 0.3) is 5.91 Å². The fourth-order valence-corrected chi connectivity index (χ4v) is 3.34. The van der Waals surface area contributed by atoms with Crippen LogP contribution < -0.4 is 5.32 Å². The van der Waals surface area contributed by atoms with E-state index < -0.39 is 36.4 Å². The Morgan fingerprint density at radius 2 is 1.70 bits per heavy atom. The molecule has 8 heteroatoms. The average molecular weight is 391 g/mol. The van der Waals surface area contributed by atoms with Crippen LogP contribution in [0.4, 0.5) is 5.69 Å². The van der Waals surface area contributed by atoms with Gasteiger partial charge in [0.15, 0.2) is 6.10 Å². The van der Waals surface area contributed by atoms with Crippen LogP contribution in [0, 0.1) is 11.8 Å². The lowest BCUT2D eigenvalue weighted by atomic mass is 9.85. The van der Waals surface area contributed by atoms with Crippen LogP contribution in [0.3, 0.4) is 0 Å². The highest BCUT2D eigenvalue weighted by atomic mass is 35.5. The number of likely N-dealkylation sites (tertiary alicyclic amines) is 1. The molecule has 0 bridgehead atoms. The van der Waals surface area contributed by atoms with Crippen LogP contribution in [0.15, 0.2) is 36.4 Å². The molecular weight excluding hydrogens is 372 g/mol. The Morgan fingerprint density at radius 3 is 2.26 bits per heavy atom. The summed E-state index contributed by atoms with van der Waals surface area (Å²) in [6.07, 6.45) is 3.67. The highest BCUT2D eigenvalue weighted by Gasteiger charge is 2.47. The number of rotatable bonds is 5. The summed E-state index contributed by atoms with van der Waals surface area (Å²) in [6.45, 7) is 0.934. The number of ether oxygens (including phenoxy) is 1. The van der Waals surface area contributed by atoms with Gasteiger partial charge in [-0.25, -0.2) is 0 Å². The number of benzene rings is 1. The van der Waals surface area contributed by atoms with E-state index in [-0.39, 0.29) is 11.8 Å². The van der Waals surface area contributed by atoms with Crippen LogP contribution in [-0.4, -0.2) is 41.2 Å². The second kappa shape index (κ2) is 7.92. The summed E-state index contributed by atoms with van der Waals surface area (Å²) in [4.78, 5) is 49.9. The zero-order valence-electron chi connectivity index (χ0n) is 14.7. The molecule has 1 fully saturated rings. The SMILES string of the molecule is C[C@@H](OC(=O)CN1C(=O)[C@H]2CC=CC[C@@H]2C1=O)C(=O)Nc1ccc(Cl)cc1. The molecule has 2 aliphatic rings. The molecule has 1 saturated heterocycles. The Kier molecular flexibility index (Phi) is 5.60. The largest absolute Gasteiger partial charge is 0.451 e.